The third kappa shape index (κ3) is 5.62. The summed E-state index contributed by atoms with van der Waals surface area (Å²) in [7, 11) is 0. The van der Waals surface area contributed by atoms with Crippen molar-refractivity contribution >= 4 is 0 Å². The number of nitrogens with zero attached hydrogens (tertiary/aromatic N) is 1. The molecule has 4 nitrogen and oxygen atoms in total. The van der Waals surface area contributed by atoms with Crippen LogP contribution in [0.5, 0.6) is 0 Å². The summed E-state index contributed by atoms with van der Waals surface area (Å²) in [5, 5.41) is 31.6. The number of aromatic nitrogens is 1. The SMILES string of the molecule is C=C1C(=CC=C2CCC[C@]3(C)[C@@H]([C@H](C)C=C[C@@H](O)C4(c5ccc(CCC)cn5)CC4)CC[C@@H]23)C[C@@H](O)C[C@@H]1O. The van der Waals surface area contributed by atoms with Crippen LogP contribution in [-0.4, -0.2) is 38.6 Å². The summed E-state index contributed by atoms with van der Waals surface area (Å²) in [4.78, 5) is 4.76. The molecular formula is C35H49NO3. The molecule has 5 rings (SSSR count). The fraction of sp³-hybridized carbons (Fsp3) is 0.629. The van der Waals surface area contributed by atoms with E-state index in [2.05, 4.69) is 63.8 Å². The Bertz CT molecular complexity index is 1130. The summed E-state index contributed by atoms with van der Waals surface area (Å²) in [6.07, 6.45) is 20.3. The van der Waals surface area contributed by atoms with Crippen LogP contribution in [0.1, 0.15) is 96.2 Å². The van der Waals surface area contributed by atoms with Gasteiger partial charge in [-0.2, -0.15) is 0 Å². The van der Waals surface area contributed by atoms with E-state index in [1.165, 1.54) is 36.8 Å². The Kier molecular flexibility index (Phi) is 8.38. The van der Waals surface area contributed by atoms with Gasteiger partial charge in [-0.1, -0.05) is 69.7 Å². The number of fused-ring (bicyclic) bond motifs is 1. The zero-order chi connectivity index (χ0) is 27.8. The minimum absolute atomic E-state index is 0.207. The molecule has 0 saturated heterocycles. The molecule has 0 amide bonds. The Morgan fingerprint density at radius 3 is 2.62 bits per heavy atom. The molecule has 0 bridgehead atoms. The van der Waals surface area contributed by atoms with Crippen LogP contribution in [0.2, 0.25) is 0 Å². The van der Waals surface area contributed by atoms with E-state index in [1.54, 1.807) is 0 Å². The molecule has 4 saturated carbocycles. The molecule has 0 aromatic carbocycles. The first-order valence-electron chi connectivity index (χ1n) is 15.4. The van der Waals surface area contributed by atoms with Gasteiger partial charge in [0.1, 0.15) is 0 Å². The molecule has 0 aliphatic heterocycles. The highest BCUT2D eigenvalue weighted by atomic mass is 16.3. The molecule has 0 radical (unpaired) electrons. The minimum atomic E-state index is -0.639. The summed E-state index contributed by atoms with van der Waals surface area (Å²) < 4.78 is 0. The number of hydrogen-bond acceptors (Lipinski definition) is 4. The molecule has 1 aromatic rings. The van der Waals surface area contributed by atoms with Crippen LogP contribution in [0.15, 0.2) is 65.9 Å². The van der Waals surface area contributed by atoms with Gasteiger partial charge in [-0.15, -0.1) is 0 Å². The summed E-state index contributed by atoms with van der Waals surface area (Å²) in [6, 6.07) is 4.32. The lowest BCUT2D eigenvalue weighted by atomic mass is 9.61. The van der Waals surface area contributed by atoms with Gasteiger partial charge >= 0.3 is 0 Å². The molecule has 4 heteroatoms. The molecule has 3 N–H and O–H groups in total. The Labute approximate surface area is 235 Å². The van der Waals surface area contributed by atoms with E-state index in [0.717, 1.165) is 48.9 Å². The van der Waals surface area contributed by atoms with Gasteiger partial charge in [0.25, 0.3) is 0 Å². The molecule has 212 valence electrons. The summed E-state index contributed by atoms with van der Waals surface area (Å²) in [6.45, 7) is 11.1. The molecule has 39 heavy (non-hydrogen) atoms. The van der Waals surface area contributed by atoms with Gasteiger partial charge in [-0.25, -0.2) is 0 Å². The van der Waals surface area contributed by atoms with Gasteiger partial charge in [-0.05, 0) is 104 Å². The monoisotopic (exact) mass is 531 g/mol. The Balaban J connectivity index is 1.27. The van der Waals surface area contributed by atoms with Crippen LogP contribution in [0, 0.1) is 23.2 Å². The van der Waals surface area contributed by atoms with Gasteiger partial charge in [0.2, 0.25) is 0 Å². The fourth-order valence-electron chi connectivity index (χ4n) is 8.20. The largest absolute Gasteiger partial charge is 0.393 e. The fourth-order valence-corrected chi connectivity index (χ4v) is 8.20. The van der Waals surface area contributed by atoms with E-state index in [-0.39, 0.29) is 10.8 Å². The maximum Gasteiger partial charge on any atom is 0.0832 e. The first-order valence-corrected chi connectivity index (χ1v) is 15.4. The molecule has 4 aliphatic carbocycles. The normalized spacial score (nSPS) is 35.9. The predicted octanol–water partition coefficient (Wildman–Crippen LogP) is 6.76. The van der Waals surface area contributed by atoms with Crippen molar-refractivity contribution in [3.63, 3.8) is 0 Å². The van der Waals surface area contributed by atoms with Crippen LogP contribution in [0.4, 0.5) is 0 Å². The van der Waals surface area contributed by atoms with Gasteiger partial charge in [0.15, 0.2) is 0 Å². The standard InChI is InChI=1S/C35H49NO3/c1-5-7-25-10-15-32(36-22-25)35(18-19-35)33(39)16-9-23(2)29-13-14-30-26(8-6-17-34(29,30)4)11-12-27-20-28(37)21-31(38)24(27)3/h9-12,15-16,22-23,28-31,33,37-39H,3,5-8,13-14,17-21H2,1-2,4H3/t23-,28-,29-,30+,31+,33-,34-/m1/s1. The molecule has 0 spiro atoms. The zero-order valence-electron chi connectivity index (χ0n) is 24.3. The van der Waals surface area contributed by atoms with Crippen molar-refractivity contribution < 1.29 is 15.3 Å². The predicted molar refractivity (Wildman–Crippen MR) is 158 cm³/mol. The molecule has 7 atom stereocenters. The van der Waals surface area contributed by atoms with Gasteiger partial charge in [0.05, 0.1) is 18.3 Å². The molecule has 4 fully saturated rings. The highest BCUT2D eigenvalue weighted by Gasteiger charge is 2.52. The van der Waals surface area contributed by atoms with Gasteiger partial charge in [0, 0.05) is 23.7 Å². The second-order valence-electron chi connectivity index (χ2n) is 13.3. The number of allylic oxidation sites excluding steroid dienone is 4. The maximum atomic E-state index is 11.3. The van der Waals surface area contributed by atoms with Crippen molar-refractivity contribution in [3.05, 3.63) is 77.2 Å². The van der Waals surface area contributed by atoms with Crippen molar-refractivity contribution in [2.24, 2.45) is 23.2 Å². The van der Waals surface area contributed by atoms with Crippen LogP contribution >= 0.6 is 0 Å². The van der Waals surface area contributed by atoms with Gasteiger partial charge < -0.3 is 15.3 Å². The third-order valence-corrected chi connectivity index (χ3v) is 10.8. The number of aryl methyl sites for hydroxylation is 1. The van der Waals surface area contributed by atoms with E-state index in [4.69, 9.17) is 4.98 Å². The van der Waals surface area contributed by atoms with Crippen LogP contribution in [0.25, 0.3) is 0 Å². The second-order valence-corrected chi connectivity index (χ2v) is 13.3. The molecule has 0 unspecified atom stereocenters. The lowest BCUT2D eigenvalue weighted by Gasteiger charge is -2.44. The van der Waals surface area contributed by atoms with E-state index in [0.29, 0.717) is 30.6 Å². The average molecular weight is 532 g/mol. The molecule has 1 aromatic heterocycles. The summed E-state index contributed by atoms with van der Waals surface area (Å²) in [5.41, 5.74) is 5.64. The van der Waals surface area contributed by atoms with E-state index in [1.807, 2.05) is 6.20 Å². The quantitative estimate of drug-likeness (QED) is 0.324. The van der Waals surface area contributed by atoms with Crippen LogP contribution in [0.3, 0.4) is 0 Å². The van der Waals surface area contributed by atoms with Crippen molar-refractivity contribution in [1.82, 2.24) is 4.98 Å². The topological polar surface area (TPSA) is 73.6 Å². The van der Waals surface area contributed by atoms with Crippen LogP contribution < -0.4 is 0 Å². The summed E-state index contributed by atoms with van der Waals surface area (Å²) in [5.74, 6) is 1.57. The van der Waals surface area contributed by atoms with Gasteiger partial charge in [-0.3, -0.25) is 4.98 Å². The van der Waals surface area contributed by atoms with Crippen molar-refractivity contribution in [3.8, 4) is 0 Å². The average Bonchev–Trinajstić information content (AvgIpc) is 3.65. The van der Waals surface area contributed by atoms with Crippen molar-refractivity contribution in [1.29, 1.82) is 0 Å². The third-order valence-electron chi connectivity index (χ3n) is 10.8. The first kappa shape index (κ1) is 28.5. The molecule has 4 aliphatic rings. The van der Waals surface area contributed by atoms with Crippen molar-refractivity contribution in [2.45, 2.75) is 115 Å². The van der Waals surface area contributed by atoms with E-state index in [9.17, 15) is 15.3 Å². The lowest BCUT2D eigenvalue weighted by molar-refractivity contribution is 0.0862. The Morgan fingerprint density at radius 1 is 1.13 bits per heavy atom. The molecule has 1 heterocycles. The number of pyridine rings is 1. The highest BCUT2D eigenvalue weighted by molar-refractivity contribution is 5.39. The zero-order valence-corrected chi connectivity index (χ0v) is 24.3. The smallest absolute Gasteiger partial charge is 0.0832 e. The maximum absolute atomic E-state index is 11.3. The van der Waals surface area contributed by atoms with E-state index >= 15 is 0 Å². The second kappa shape index (κ2) is 11.5. The summed E-state index contributed by atoms with van der Waals surface area (Å²) >= 11 is 0. The number of aliphatic hydroxyl groups excluding tert-OH is 3. The Morgan fingerprint density at radius 2 is 1.92 bits per heavy atom. The van der Waals surface area contributed by atoms with E-state index < -0.39 is 18.3 Å². The Hall–Kier alpha value is -2.01. The number of rotatable bonds is 8. The van der Waals surface area contributed by atoms with Crippen LogP contribution in [-0.2, 0) is 11.8 Å². The number of hydrogen-bond donors (Lipinski definition) is 3. The molecular weight excluding hydrogens is 482 g/mol. The lowest BCUT2D eigenvalue weighted by Crippen LogP contribution is -2.35. The highest BCUT2D eigenvalue weighted by Crippen LogP contribution is 2.59. The van der Waals surface area contributed by atoms with Crippen molar-refractivity contribution in [2.75, 3.05) is 0 Å². The minimum Gasteiger partial charge on any atom is -0.393 e. The number of aliphatic hydroxyl groups is 3. The first-order chi connectivity index (χ1) is 18.7.